The van der Waals surface area contributed by atoms with Crippen molar-refractivity contribution in [3.63, 3.8) is 0 Å². The number of rotatable bonds is 5. The average molecular weight is 344 g/mol. The van der Waals surface area contributed by atoms with Gasteiger partial charge in [0.25, 0.3) is 0 Å². The SMILES string of the molecule is Cc1csc(=O)n1CCC(=O)Nc1cccc(-c2nnnn2C)c1. The van der Waals surface area contributed by atoms with Crippen LogP contribution < -0.4 is 10.2 Å². The first kappa shape index (κ1) is 16.1. The highest BCUT2D eigenvalue weighted by Gasteiger charge is 2.09. The van der Waals surface area contributed by atoms with Crippen LogP contribution in [0.3, 0.4) is 0 Å². The number of nitrogens with zero attached hydrogens (tertiary/aromatic N) is 5. The second kappa shape index (κ2) is 6.75. The van der Waals surface area contributed by atoms with E-state index in [1.165, 1.54) is 0 Å². The van der Waals surface area contributed by atoms with Crippen LogP contribution in [0.2, 0.25) is 0 Å². The number of benzene rings is 1. The van der Waals surface area contributed by atoms with Gasteiger partial charge < -0.3 is 9.88 Å². The van der Waals surface area contributed by atoms with Gasteiger partial charge in [-0.2, -0.15) is 0 Å². The Bertz CT molecular complexity index is 926. The summed E-state index contributed by atoms with van der Waals surface area (Å²) in [5.74, 6) is 0.465. The molecule has 0 aliphatic carbocycles. The molecule has 3 aromatic rings. The first-order chi connectivity index (χ1) is 11.5. The van der Waals surface area contributed by atoms with Crippen LogP contribution in [0.15, 0.2) is 34.4 Å². The average Bonchev–Trinajstić information content (AvgIpc) is 3.12. The Morgan fingerprint density at radius 2 is 2.21 bits per heavy atom. The fraction of sp³-hybridized carbons (Fsp3) is 0.267. The van der Waals surface area contributed by atoms with E-state index in [2.05, 4.69) is 20.8 Å². The molecular formula is C15H16N6O2S. The highest BCUT2D eigenvalue weighted by atomic mass is 32.1. The lowest BCUT2D eigenvalue weighted by atomic mass is 10.2. The first-order valence-corrected chi connectivity index (χ1v) is 8.20. The molecule has 1 amide bonds. The molecule has 0 atom stereocenters. The first-order valence-electron chi connectivity index (χ1n) is 7.32. The fourth-order valence-electron chi connectivity index (χ4n) is 2.32. The maximum atomic E-state index is 12.1. The summed E-state index contributed by atoms with van der Waals surface area (Å²) in [5, 5.41) is 16.0. The summed E-state index contributed by atoms with van der Waals surface area (Å²) in [7, 11) is 1.75. The second-order valence-electron chi connectivity index (χ2n) is 5.30. The Hall–Kier alpha value is -2.81. The molecule has 0 saturated carbocycles. The third-order valence-corrected chi connectivity index (χ3v) is 4.44. The zero-order valence-corrected chi connectivity index (χ0v) is 14.1. The van der Waals surface area contributed by atoms with Crippen LogP contribution in [0.25, 0.3) is 11.4 Å². The van der Waals surface area contributed by atoms with Crippen LogP contribution in [0.5, 0.6) is 0 Å². The van der Waals surface area contributed by atoms with Gasteiger partial charge in [-0.15, -0.1) is 5.10 Å². The molecule has 8 nitrogen and oxygen atoms in total. The number of aryl methyl sites for hydroxylation is 2. The number of hydrogen-bond donors (Lipinski definition) is 1. The molecule has 0 unspecified atom stereocenters. The van der Waals surface area contributed by atoms with Gasteiger partial charge in [0.15, 0.2) is 5.82 Å². The van der Waals surface area contributed by atoms with Crippen LogP contribution in [-0.4, -0.2) is 30.7 Å². The molecule has 24 heavy (non-hydrogen) atoms. The van der Waals surface area contributed by atoms with E-state index in [4.69, 9.17) is 0 Å². The summed E-state index contributed by atoms with van der Waals surface area (Å²) in [6.45, 7) is 2.22. The van der Waals surface area contributed by atoms with Crippen LogP contribution in [0, 0.1) is 6.92 Å². The molecule has 0 bridgehead atoms. The number of carbonyl (C=O) groups excluding carboxylic acids is 1. The van der Waals surface area contributed by atoms with E-state index in [0.717, 1.165) is 22.6 Å². The molecular weight excluding hydrogens is 328 g/mol. The van der Waals surface area contributed by atoms with E-state index in [-0.39, 0.29) is 17.2 Å². The van der Waals surface area contributed by atoms with Crippen molar-refractivity contribution in [3.8, 4) is 11.4 Å². The van der Waals surface area contributed by atoms with Gasteiger partial charge in [0, 0.05) is 42.3 Å². The molecule has 0 radical (unpaired) electrons. The van der Waals surface area contributed by atoms with Gasteiger partial charge in [0.2, 0.25) is 5.91 Å². The van der Waals surface area contributed by atoms with E-state index in [1.807, 2.05) is 25.1 Å². The minimum Gasteiger partial charge on any atom is -0.326 e. The molecule has 1 N–H and O–H groups in total. The Labute approximate surface area is 141 Å². The van der Waals surface area contributed by atoms with Crippen molar-refractivity contribution in [2.45, 2.75) is 19.9 Å². The third-order valence-electron chi connectivity index (χ3n) is 3.56. The van der Waals surface area contributed by atoms with Gasteiger partial charge in [-0.3, -0.25) is 9.59 Å². The van der Waals surface area contributed by atoms with Gasteiger partial charge in [0.1, 0.15) is 0 Å². The molecule has 2 heterocycles. The molecule has 124 valence electrons. The standard InChI is InChI=1S/C15H16N6O2S/c1-10-9-24-15(23)21(10)7-6-13(22)16-12-5-3-4-11(8-12)14-17-18-19-20(14)2/h3-5,8-9H,6-7H2,1-2H3,(H,16,22). The third kappa shape index (κ3) is 3.40. The number of aromatic nitrogens is 5. The van der Waals surface area contributed by atoms with Crippen LogP contribution in [-0.2, 0) is 18.4 Å². The Kier molecular flexibility index (Phi) is 4.52. The van der Waals surface area contributed by atoms with E-state index >= 15 is 0 Å². The van der Waals surface area contributed by atoms with Crippen molar-refractivity contribution in [2.24, 2.45) is 7.05 Å². The lowest BCUT2D eigenvalue weighted by Gasteiger charge is -2.08. The van der Waals surface area contributed by atoms with Crippen molar-refractivity contribution in [1.29, 1.82) is 0 Å². The smallest absolute Gasteiger partial charge is 0.307 e. The normalized spacial score (nSPS) is 10.8. The van der Waals surface area contributed by atoms with E-state index in [9.17, 15) is 9.59 Å². The second-order valence-corrected chi connectivity index (χ2v) is 6.12. The van der Waals surface area contributed by atoms with E-state index in [1.54, 1.807) is 27.7 Å². The summed E-state index contributed by atoms with van der Waals surface area (Å²) < 4.78 is 3.17. The Morgan fingerprint density at radius 3 is 2.88 bits per heavy atom. The number of amides is 1. The van der Waals surface area contributed by atoms with Crippen LogP contribution in [0.1, 0.15) is 12.1 Å². The molecule has 9 heteroatoms. The molecule has 0 fully saturated rings. The predicted octanol–water partition coefficient (Wildman–Crippen LogP) is 1.44. The summed E-state index contributed by atoms with van der Waals surface area (Å²) >= 11 is 1.14. The van der Waals surface area contributed by atoms with Crippen LogP contribution in [0.4, 0.5) is 5.69 Å². The van der Waals surface area contributed by atoms with Gasteiger partial charge in [-0.05, 0) is 29.5 Å². The van der Waals surface area contributed by atoms with E-state index in [0.29, 0.717) is 18.1 Å². The lowest BCUT2D eigenvalue weighted by molar-refractivity contribution is -0.116. The summed E-state index contributed by atoms with van der Waals surface area (Å²) in [5.41, 5.74) is 2.34. The molecule has 0 aliphatic rings. The number of anilines is 1. The molecule has 0 saturated heterocycles. The topological polar surface area (TPSA) is 94.7 Å². The maximum absolute atomic E-state index is 12.1. The minimum absolute atomic E-state index is 0.0444. The Morgan fingerprint density at radius 1 is 1.38 bits per heavy atom. The summed E-state index contributed by atoms with van der Waals surface area (Å²) in [4.78, 5) is 23.7. The van der Waals surface area contributed by atoms with Gasteiger partial charge >= 0.3 is 4.87 Å². The zero-order chi connectivity index (χ0) is 17.1. The molecule has 0 aliphatic heterocycles. The monoisotopic (exact) mass is 344 g/mol. The number of thiazole rings is 1. The van der Waals surface area contributed by atoms with Crippen molar-refractivity contribution < 1.29 is 4.79 Å². The summed E-state index contributed by atoms with van der Waals surface area (Å²) in [6.07, 6.45) is 0.229. The summed E-state index contributed by atoms with van der Waals surface area (Å²) in [6, 6.07) is 7.31. The Balaban J connectivity index is 1.67. The van der Waals surface area contributed by atoms with Crippen molar-refractivity contribution in [2.75, 3.05) is 5.32 Å². The molecule has 0 spiro atoms. The zero-order valence-electron chi connectivity index (χ0n) is 13.3. The van der Waals surface area contributed by atoms with Crippen molar-refractivity contribution in [3.05, 3.63) is 45.0 Å². The predicted molar refractivity (Wildman–Crippen MR) is 90.8 cm³/mol. The number of carbonyl (C=O) groups is 1. The van der Waals surface area contributed by atoms with Crippen molar-refractivity contribution in [1.82, 2.24) is 24.8 Å². The number of tetrazole rings is 1. The molecule has 3 rings (SSSR count). The maximum Gasteiger partial charge on any atom is 0.307 e. The van der Waals surface area contributed by atoms with Crippen LogP contribution >= 0.6 is 11.3 Å². The van der Waals surface area contributed by atoms with E-state index < -0.39 is 0 Å². The highest BCUT2D eigenvalue weighted by molar-refractivity contribution is 7.07. The minimum atomic E-state index is -0.152. The highest BCUT2D eigenvalue weighted by Crippen LogP contribution is 2.19. The van der Waals surface area contributed by atoms with Crippen molar-refractivity contribution >= 4 is 22.9 Å². The van der Waals surface area contributed by atoms with Gasteiger partial charge in [-0.25, -0.2) is 4.68 Å². The molecule has 1 aromatic carbocycles. The number of nitrogens with one attached hydrogen (secondary N) is 1. The van der Waals surface area contributed by atoms with Gasteiger partial charge in [0.05, 0.1) is 0 Å². The molecule has 2 aromatic heterocycles. The lowest BCUT2D eigenvalue weighted by Crippen LogP contribution is -2.20. The largest absolute Gasteiger partial charge is 0.326 e. The quantitative estimate of drug-likeness (QED) is 0.756. The fourth-order valence-corrected chi connectivity index (χ4v) is 3.08. The van der Waals surface area contributed by atoms with Gasteiger partial charge in [-0.1, -0.05) is 23.5 Å². The number of hydrogen-bond acceptors (Lipinski definition) is 6.